The summed E-state index contributed by atoms with van der Waals surface area (Å²) in [6, 6.07) is 8.54. The van der Waals surface area contributed by atoms with E-state index in [9.17, 15) is 4.79 Å². The van der Waals surface area contributed by atoms with Crippen LogP contribution in [0, 0.1) is 0 Å². The van der Waals surface area contributed by atoms with E-state index in [1.165, 1.54) is 12.8 Å². The Hall–Kier alpha value is -1.72. The topological polar surface area (TPSA) is 54.6 Å². The largest absolute Gasteiger partial charge is 0.514 e. The summed E-state index contributed by atoms with van der Waals surface area (Å²) in [5, 5.41) is 1.09. The standard InChI is InChI=1S/C17H19ClN2O3/c1-20-10-6-7-11(20)9-12(8-10)22-17(21)23-15-13-4-2-3-5-14(13)19-16(15)18/h2-5,10-12,19H,6-9H2,1H3. The van der Waals surface area contributed by atoms with Crippen LogP contribution in [-0.4, -0.2) is 41.3 Å². The zero-order valence-corrected chi connectivity index (χ0v) is 13.7. The first-order chi connectivity index (χ1) is 11.1. The number of ether oxygens (including phenoxy) is 2. The van der Waals surface area contributed by atoms with Crippen LogP contribution in [0.4, 0.5) is 4.79 Å². The monoisotopic (exact) mass is 334 g/mol. The second-order valence-corrected chi connectivity index (χ2v) is 6.81. The molecule has 2 bridgehead atoms. The molecule has 2 saturated heterocycles. The maximum atomic E-state index is 12.2. The number of H-pyrrole nitrogens is 1. The van der Waals surface area contributed by atoms with Crippen molar-refractivity contribution in [3.05, 3.63) is 29.4 Å². The number of carbonyl (C=O) groups excluding carboxylic acids is 1. The van der Waals surface area contributed by atoms with Gasteiger partial charge >= 0.3 is 6.16 Å². The molecule has 122 valence electrons. The molecule has 1 aromatic heterocycles. The first kappa shape index (κ1) is 14.8. The van der Waals surface area contributed by atoms with Gasteiger partial charge in [-0.3, -0.25) is 0 Å². The Labute approximate surface area is 139 Å². The summed E-state index contributed by atoms with van der Waals surface area (Å²) in [6.45, 7) is 0. The van der Waals surface area contributed by atoms with Crippen molar-refractivity contribution in [1.29, 1.82) is 0 Å². The third-order valence-corrected chi connectivity index (χ3v) is 5.38. The molecule has 2 fully saturated rings. The number of hydrogen-bond donors (Lipinski definition) is 1. The molecule has 23 heavy (non-hydrogen) atoms. The van der Waals surface area contributed by atoms with Gasteiger partial charge in [0.25, 0.3) is 0 Å². The maximum absolute atomic E-state index is 12.2. The molecule has 0 amide bonds. The summed E-state index contributed by atoms with van der Waals surface area (Å²) in [5.74, 6) is 0.336. The van der Waals surface area contributed by atoms with E-state index in [4.69, 9.17) is 21.1 Å². The van der Waals surface area contributed by atoms with Gasteiger partial charge in [-0.2, -0.15) is 0 Å². The number of fused-ring (bicyclic) bond motifs is 3. The molecule has 2 aliphatic heterocycles. The number of carbonyl (C=O) groups is 1. The Morgan fingerprint density at radius 1 is 1.26 bits per heavy atom. The quantitative estimate of drug-likeness (QED) is 0.844. The van der Waals surface area contributed by atoms with E-state index in [-0.39, 0.29) is 6.10 Å². The second kappa shape index (κ2) is 5.73. The highest BCUT2D eigenvalue weighted by Crippen LogP contribution is 2.37. The molecule has 0 spiro atoms. The Balaban J connectivity index is 1.45. The molecule has 6 heteroatoms. The molecule has 2 atom stereocenters. The lowest BCUT2D eigenvalue weighted by atomic mass is 10.0. The average molecular weight is 335 g/mol. The normalized spacial score (nSPS) is 27.3. The molecule has 1 aromatic carbocycles. The van der Waals surface area contributed by atoms with E-state index >= 15 is 0 Å². The van der Waals surface area contributed by atoms with Crippen molar-refractivity contribution in [1.82, 2.24) is 9.88 Å². The predicted molar refractivity (Wildman–Crippen MR) is 88.0 cm³/mol. The first-order valence-electron chi connectivity index (χ1n) is 7.98. The van der Waals surface area contributed by atoms with Crippen LogP contribution in [0.5, 0.6) is 5.75 Å². The van der Waals surface area contributed by atoms with Gasteiger partial charge in [-0.1, -0.05) is 23.7 Å². The summed E-state index contributed by atoms with van der Waals surface area (Å²) in [7, 11) is 2.16. The van der Waals surface area contributed by atoms with Crippen LogP contribution in [-0.2, 0) is 4.74 Å². The third-order valence-electron chi connectivity index (χ3n) is 5.12. The zero-order chi connectivity index (χ0) is 16.0. The summed E-state index contributed by atoms with van der Waals surface area (Å²) < 4.78 is 10.9. The Kier molecular flexibility index (Phi) is 3.70. The summed E-state index contributed by atoms with van der Waals surface area (Å²) in [5.41, 5.74) is 0.831. The number of aromatic amines is 1. The highest BCUT2D eigenvalue weighted by Gasteiger charge is 2.40. The van der Waals surface area contributed by atoms with Crippen molar-refractivity contribution >= 4 is 28.7 Å². The van der Waals surface area contributed by atoms with E-state index in [1.807, 2.05) is 24.3 Å². The molecule has 1 N–H and O–H groups in total. The van der Waals surface area contributed by atoms with E-state index in [1.54, 1.807) is 0 Å². The molecule has 5 nitrogen and oxygen atoms in total. The molecule has 4 rings (SSSR count). The summed E-state index contributed by atoms with van der Waals surface area (Å²) in [4.78, 5) is 17.6. The van der Waals surface area contributed by atoms with Gasteiger partial charge in [-0.25, -0.2) is 4.79 Å². The molecule has 2 aliphatic rings. The van der Waals surface area contributed by atoms with Crippen LogP contribution in [0.25, 0.3) is 10.9 Å². The first-order valence-corrected chi connectivity index (χ1v) is 8.36. The molecule has 0 aliphatic carbocycles. The highest BCUT2D eigenvalue weighted by molar-refractivity contribution is 6.32. The fourth-order valence-corrected chi connectivity index (χ4v) is 4.13. The second-order valence-electron chi connectivity index (χ2n) is 6.43. The number of nitrogens with one attached hydrogen (secondary N) is 1. The highest BCUT2D eigenvalue weighted by atomic mass is 35.5. The lowest BCUT2D eigenvalue weighted by Gasteiger charge is -2.35. The van der Waals surface area contributed by atoms with Crippen LogP contribution in [0.2, 0.25) is 5.15 Å². The summed E-state index contributed by atoms with van der Waals surface area (Å²) >= 11 is 6.13. The summed E-state index contributed by atoms with van der Waals surface area (Å²) in [6.07, 6.45) is 3.38. The van der Waals surface area contributed by atoms with Crippen molar-refractivity contribution in [2.45, 2.75) is 43.9 Å². The Morgan fingerprint density at radius 2 is 1.96 bits per heavy atom. The van der Waals surface area contributed by atoms with Gasteiger partial charge in [-0.15, -0.1) is 0 Å². The average Bonchev–Trinajstić information content (AvgIpc) is 2.92. The number of nitrogens with zero attached hydrogens (tertiary/aromatic N) is 1. The molecule has 2 unspecified atom stereocenters. The predicted octanol–water partition coefficient (Wildman–Crippen LogP) is 3.96. The molecule has 0 radical (unpaired) electrons. The van der Waals surface area contributed by atoms with Crippen LogP contribution >= 0.6 is 11.6 Å². The van der Waals surface area contributed by atoms with E-state index in [0.717, 1.165) is 23.7 Å². The van der Waals surface area contributed by atoms with Crippen molar-refractivity contribution in [3.8, 4) is 5.75 Å². The zero-order valence-electron chi connectivity index (χ0n) is 12.9. The molecule has 3 heterocycles. The minimum Gasteiger partial charge on any atom is -0.431 e. The van der Waals surface area contributed by atoms with Gasteiger partial charge in [0, 0.05) is 30.3 Å². The number of rotatable bonds is 2. The smallest absolute Gasteiger partial charge is 0.431 e. The van der Waals surface area contributed by atoms with Crippen molar-refractivity contribution in [2.24, 2.45) is 0 Å². The van der Waals surface area contributed by atoms with Crippen LogP contribution in [0.15, 0.2) is 24.3 Å². The van der Waals surface area contributed by atoms with Crippen LogP contribution < -0.4 is 4.74 Å². The van der Waals surface area contributed by atoms with Crippen LogP contribution in [0.1, 0.15) is 25.7 Å². The van der Waals surface area contributed by atoms with Crippen molar-refractivity contribution < 1.29 is 14.3 Å². The number of benzene rings is 1. The van der Waals surface area contributed by atoms with Crippen molar-refractivity contribution in [3.63, 3.8) is 0 Å². The van der Waals surface area contributed by atoms with Crippen molar-refractivity contribution in [2.75, 3.05) is 7.05 Å². The van der Waals surface area contributed by atoms with E-state index < -0.39 is 6.16 Å². The number of hydrogen-bond acceptors (Lipinski definition) is 4. The third kappa shape index (κ3) is 2.68. The van der Waals surface area contributed by atoms with Gasteiger partial charge in [0.15, 0.2) is 10.9 Å². The van der Waals surface area contributed by atoms with Gasteiger partial charge in [0.1, 0.15) is 6.10 Å². The van der Waals surface area contributed by atoms with Gasteiger partial charge in [0.05, 0.1) is 5.52 Å². The molecule has 0 saturated carbocycles. The van der Waals surface area contributed by atoms with Gasteiger partial charge in [0.2, 0.25) is 0 Å². The van der Waals surface area contributed by atoms with E-state index in [0.29, 0.717) is 23.0 Å². The molecule has 2 aromatic rings. The number of piperidine rings is 1. The Bertz CT molecular complexity index is 731. The fourth-order valence-electron chi connectivity index (χ4n) is 3.88. The lowest BCUT2D eigenvalue weighted by molar-refractivity contribution is 0.00769. The minimum atomic E-state index is -0.675. The fraction of sp³-hybridized carbons (Fsp3) is 0.471. The number of aromatic nitrogens is 1. The van der Waals surface area contributed by atoms with Gasteiger partial charge < -0.3 is 19.4 Å². The number of para-hydroxylation sites is 1. The minimum absolute atomic E-state index is 0.0693. The lowest BCUT2D eigenvalue weighted by Crippen LogP contribution is -2.43. The van der Waals surface area contributed by atoms with E-state index in [2.05, 4.69) is 16.9 Å². The SMILES string of the molecule is CN1C2CCC1CC(OC(=O)Oc1c(Cl)[nH]c3ccccc13)C2. The number of halogens is 1. The molecular weight excluding hydrogens is 316 g/mol. The Morgan fingerprint density at radius 3 is 2.70 bits per heavy atom. The maximum Gasteiger partial charge on any atom is 0.514 e. The molecular formula is C17H19ClN2O3. The van der Waals surface area contributed by atoms with Crippen LogP contribution in [0.3, 0.4) is 0 Å². The van der Waals surface area contributed by atoms with Gasteiger partial charge in [-0.05, 0) is 32.0 Å².